The van der Waals surface area contributed by atoms with Gasteiger partial charge in [-0.1, -0.05) is 0 Å². The van der Waals surface area contributed by atoms with Crippen molar-refractivity contribution in [3.63, 3.8) is 0 Å². The largest absolute Gasteiger partial charge is 0.475 e. The Kier molecular flexibility index (Phi) is 4.37. The first kappa shape index (κ1) is 16.1. The van der Waals surface area contributed by atoms with E-state index < -0.39 is 0 Å². The molecular formula is C17H23ClN4O2. The number of hydrogen-bond donors (Lipinski definition) is 0. The number of aromatic nitrogens is 3. The second-order valence-corrected chi connectivity index (χ2v) is 7.16. The molecule has 130 valence electrons. The van der Waals surface area contributed by atoms with Crippen LogP contribution in [-0.2, 0) is 4.74 Å². The Morgan fingerprint density at radius 1 is 1.38 bits per heavy atom. The van der Waals surface area contributed by atoms with E-state index in [1.165, 1.54) is 6.42 Å². The fourth-order valence-corrected chi connectivity index (χ4v) is 3.92. The van der Waals surface area contributed by atoms with Crippen LogP contribution in [0.15, 0.2) is 6.20 Å². The lowest BCUT2D eigenvalue weighted by Gasteiger charge is -2.19. The average molecular weight is 351 g/mol. The van der Waals surface area contributed by atoms with E-state index in [9.17, 15) is 0 Å². The lowest BCUT2D eigenvalue weighted by molar-refractivity contribution is 0.187. The Morgan fingerprint density at radius 3 is 2.96 bits per heavy atom. The summed E-state index contributed by atoms with van der Waals surface area (Å²) in [6, 6.07) is 0.750. The van der Waals surface area contributed by atoms with Crippen molar-refractivity contribution in [2.45, 2.75) is 38.3 Å². The van der Waals surface area contributed by atoms with Gasteiger partial charge in [0.1, 0.15) is 12.3 Å². The van der Waals surface area contributed by atoms with E-state index in [2.05, 4.69) is 39.6 Å². The zero-order valence-electron chi connectivity index (χ0n) is 14.2. The van der Waals surface area contributed by atoms with Crippen LogP contribution < -0.4 is 4.74 Å². The Balaban J connectivity index is 1.67. The molecule has 0 bridgehead atoms. The molecule has 0 aliphatic carbocycles. The van der Waals surface area contributed by atoms with Gasteiger partial charge in [-0.05, 0) is 56.9 Å². The minimum atomic E-state index is 0.232. The summed E-state index contributed by atoms with van der Waals surface area (Å²) in [5.41, 5.74) is 1.96. The van der Waals surface area contributed by atoms with E-state index >= 15 is 0 Å². The van der Waals surface area contributed by atoms with E-state index in [1.54, 1.807) is 0 Å². The molecule has 0 amide bonds. The smallest absolute Gasteiger partial charge is 0.227 e. The summed E-state index contributed by atoms with van der Waals surface area (Å²) in [6.45, 7) is 5.34. The molecule has 2 aliphatic heterocycles. The monoisotopic (exact) mass is 350 g/mol. The predicted octanol–water partition coefficient (Wildman–Crippen LogP) is 2.83. The zero-order chi connectivity index (χ0) is 16.7. The van der Waals surface area contributed by atoms with Crippen molar-refractivity contribution in [3.05, 3.63) is 17.0 Å². The van der Waals surface area contributed by atoms with Crippen LogP contribution in [-0.4, -0.2) is 58.9 Å². The van der Waals surface area contributed by atoms with Gasteiger partial charge in [-0.3, -0.25) is 0 Å². The minimum Gasteiger partial charge on any atom is -0.475 e. The number of ether oxygens (including phenoxy) is 2. The summed E-state index contributed by atoms with van der Waals surface area (Å²) in [6.07, 6.45) is 5.50. The lowest BCUT2D eigenvalue weighted by atomic mass is 10.2. The standard InChI is InChI=1S/C17H23ClN4O2/c1-11-8-22(13-5-7-23-9-13)15-14(11)16(20-17(18)19-15)24-10-12-4-3-6-21(12)2/h8,12-13H,3-7,9-10H2,1-2H3/t12-,13+/m0/s1. The predicted molar refractivity (Wildman–Crippen MR) is 92.9 cm³/mol. The summed E-state index contributed by atoms with van der Waals surface area (Å²) in [4.78, 5) is 11.2. The van der Waals surface area contributed by atoms with Crippen molar-refractivity contribution >= 4 is 22.6 Å². The van der Waals surface area contributed by atoms with Crippen LogP contribution in [0, 0.1) is 6.92 Å². The number of aryl methyl sites for hydroxylation is 1. The van der Waals surface area contributed by atoms with Gasteiger partial charge in [0.25, 0.3) is 0 Å². The number of halogens is 1. The highest BCUT2D eigenvalue weighted by Crippen LogP contribution is 2.33. The molecule has 0 N–H and O–H groups in total. The number of fused-ring (bicyclic) bond motifs is 1. The maximum absolute atomic E-state index is 6.18. The molecule has 0 spiro atoms. The summed E-state index contributed by atoms with van der Waals surface area (Å²) in [5.74, 6) is 0.598. The maximum atomic E-state index is 6.18. The molecular weight excluding hydrogens is 328 g/mol. The van der Waals surface area contributed by atoms with Crippen molar-refractivity contribution in [2.75, 3.05) is 33.4 Å². The molecule has 2 aliphatic rings. The van der Waals surface area contributed by atoms with Crippen LogP contribution in [0.4, 0.5) is 0 Å². The van der Waals surface area contributed by atoms with Gasteiger partial charge in [-0.15, -0.1) is 0 Å². The third-order valence-electron chi connectivity index (χ3n) is 5.18. The quantitative estimate of drug-likeness (QED) is 0.794. The molecule has 0 radical (unpaired) electrons. The molecule has 2 aromatic heterocycles. The Hall–Kier alpha value is -1.37. The summed E-state index contributed by atoms with van der Waals surface area (Å²) >= 11 is 6.18. The second-order valence-electron chi connectivity index (χ2n) is 6.82. The van der Waals surface area contributed by atoms with Gasteiger partial charge >= 0.3 is 0 Å². The van der Waals surface area contributed by atoms with E-state index in [1.807, 2.05) is 0 Å². The number of hydrogen-bond acceptors (Lipinski definition) is 5. The first-order valence-corrected chi connectivity index (χ1v) is 8.96. The van der Waals surface area contributed by atoms with Crippen LogP contribution in [0.5, 0.6) is 5.88 Å². The number of nitrogens with zero attached hydrogens (tertiary/aromatic N) is 4. The number of likely N-dealkylation sites (tertiary alicyclic amines) is 1. The molecule has 0 unspecified atom stereocenters. The highest BCUT2D eigenvalue weighted by Gasteiger charge is 2.25. The molecule has 24 heavy (non-hydrogen) atoms. The van der Waals surface area contributed by atoms with Crippen LogP contribution in [0.3, 0.4) is 0 Å². The third kappa shape index (κ3) is 2.87. The van der Waals surface area contributed by atoms with Crippen LogP contribution >= 0.6 is 11.6 Å². The fourth-order valence-electron chi connectivity index (χ4n) is 3.76. The van der Waals surface area contributed by atoms with Gasteiger partial charge in [0, 0.05) is 18.8 Å². The molecule has 0 saturated carbocycles. The van der Waals surface area contributed by atoms with Gasteiger partial charge in [0.2, 0.25) is 11.2 Å². The van der Waals surface area contributed by atoms with E-state index in [-0.39, 0.29) is 5.28 Å². The maximum Gasteiger partial charge on any atom is 0.227 e. The van der Waals surface area contributed by atoms with Crippen molar-refractivity contribution in [3.8, 4) is 5.88 Å². The summed E-state index contributed by atoms with van der Waals surface area (Å²) in [5, 5.41) is 1.20. The fraction of sp³-hybridized carbons (Fsp3) is 0.647. The first-order chi connectivity index (χ1) is 11.6. The van der Waals surface area contributed by atoms with E-state index in [4.69, 9.17) is 21.1 Å². The topological polar surface area (TPSA) is 52.4 Å². The first-order valence-electron chi connectivity index (χ1n) is 8.59. The second kappa shape index (κ2) is 6.50. The molecule has 7 heteroatoms. The van der Waals surface area contributed by atoms with Gasteiger partial charge in [-0.25, -0.2) is 0 Å². The molecule has 4 rings (SSSR count). The van der Waals surface area contributed by atoms with E-state index in [0.717, 1.165) is 42.6 Å². The van der Waals surface area contributed by atoms with Crippen molar-refractivity contribution in [1.29, 1.82) is 0 Å². The molecule has 2 saturated heterocycles. The highest BCUT2D eigenvalue weighted by molar-refractivity contribution is 6.28. The lowest BCUT2D eigenvalue weighted by Crippen LogP contribution is -2.30. The molecule has 2 aromatic rings. The minimum absolute atomic E-state index is 0.232. The molecule has 6 nitrogen and oxygen atoms in total. The van der Waals surface area contributed by atoms with E-state index in [0.29, 0.717) is 31.2 Å². The summed E-state index contributed by atoms with van der Waals surface area (Å²) < 4.78 is 13.8. The van der Waals surface area contributed by atoms with Gasteiger partial charge in [0.15, 0.2) is 0 Å². The van der Waals surface area contributed by atoms with Crippen LogP contribution in [0.2, 0.25) is 5.28 Å². The van der Waals surface area contributed by atoms with Gasteiger partial charge in [0.05, 0.1) is 18.0 Å². The van der Waals surface area contributed by atoms with Gasteiger partial charge < -0.3 is 18.9 Å². The van der Waals surface area contributed by atoms with Crippen molar-refractivity contribution in [1.82, 2.24) is 19.4 Å². The Labute approximate surface area is 146 Å². The Bertz CT molecular complexity index is 742. The van der Waals surface area contributed by atoms with Crippen molar-refractivity contribution in [2.24, 2.45) is 0 Å². The zero-order valence-corrected chi connectivity index (χ0v) is 14.9. The van der Waals surface area contributed by atoms with Gasteiger partial charge in [-0.2, -0.15) is 9.97 Å². The third-order valence-corrected chi connectivity index (χ3v) is 5.35. The number of likely N-dealkylation sites (N-methyl/N-ethyl adjacent to an activating group) is 1. The summed E-state index contributed by atoms with van der Waals surface area (Å²) in [7, 11) is 2.14. The highest BCUT2D eigenvalue weighted by atomic mass is 35.5. The van der Waals surface area contributed by atoms with Crippen molar-refractivity contribution < 1.29 is 9.47 Å². The molecule has 2 atom stereocenters. The molecule has 0 aromatic carbocycles. The van der Waals surface area contributed by atoms with Crippen LogP contribution in [0.25, 0.3) is 11.0 Å². The SMILES string of the molecule is Cc1cn([C@@H]2CCOC2)c2nc(Cl)nc(OC[C@@H]3CCCN3C)c12. The number of rotatable bonds is 4. The normalized spacial score (nSPS) is 25.0. The van der Waals surface area contributed by atoms with Crippen LogP contribution in [0.1, 0.15) is 30.9 Å². The average Bonchev–Trinajstić information content (AvgIpc) is 3.26. The Morgan fingerprint density at radius 2 is 2.25 bits per heavy atom. The molecule has 2 fully saturated rings. The molecule has 4 heterocycles.